The van der Waals surface area contributed by atoms with Gasteiger partial charge in [0.05, 0.1) is 0 Å². The number of carbonyl (C=O) groups excluding carboxylic acids is 2. The van der Waals surface area contributed by atoms with Crippen LogP contribution in [0.1, 0.15) is 24.3 Å². The van der Waals surface area contributed by atoms with Crippen molar-refractivity contribution in [1.82, 2.24) is 10.3 Å². The molecule has 5 heteroatoms. The zero-order chi connectivity index (χ0) is 12.0. The van der Waals surface area contributed by atoms with Crippen LogP contribution in [0, 0.1) is 0 Å². The van der Waals surface area contributed by atoms with Gasteiger partial charge in [0.15, 0.2) is 6.10 Å². The monoisotopic (exact) mass is 222 g/mol. The molecule has 1 rings (SSSR count). The number of likely N-dealkylation sites (N-methyl/N-ethyl adjacent to an activating group) is 1. The van der Waals surface area contributed by atoms with Gasteiger partial charge in [-0.3, -0.25) is 4.79 Å². The van der Waals surface area contributed by atoms with E-state index in [9.17, 15) is 9.59 Å². The Morgan fingerprint density at radius 1 is 1.50 bits per heavy atom. The van der Waals surface area contributed by atoms with Crippen molar-refractivity contribution in [2.24, 2.45) is 0 Å². The molecule has 0 bridgehead atoms. The van der Waals surface area contributed by atoms with Crippen molar-refractivity contribution in [3.8, 4) is 0 Å². The average molecular weight is 222 g/mol. The molecule has 1 aromatic rings. The van der Waals surface area contributed by atoms with Crippen LogP contribution in [-0.2, 0) is 9.53 Å². The molecule has 5 nitrogen and oxygen atoms in total. The second kappa shape index (κ2) is 5.85. The van der Waals surface area contributed by atoms with Gasteiger partial charge < -0.3 is 10.1 Å². The molecule has 0 spiro atoms. The van der Waals surface area contributed by atoms with Crippen molar-refractivity contribution in [1.29, 1.82) is 0 Å². The topological polar surface area (TPSA) is 68.3 Å². The van der Waals surface area contributed by atoms with Crippen LogP contribution in [0.15, 0.2) is 24.4 Å². The third-order valence-electron chi connectivity index (χ3n) is 1.88. The Balaban J connectivity index is 2.55. The van der Waals surface area contributed by atoms with E-state index in [1.807, 2.05) is 0 Å². The Morgan fingerprint density at radius 3 is 2.81 bits per heavy atom. The largest absolute Gasteiger partial charge is 0.448 e. The Hall–Kier alpha value is -1.91. The minimum atomic E-state index is -0.811. The van der Waals surface area contributed by atoms with Gasteiger partial charge in [0.1, 0.15) is 5.69 Å². The van der Waals surface area contributed by atoms with E-state index in [-0.39, 0.29) is 11.6 Å². The molecule has 0 aliphatic heterocycles. The number of hydrogen-bond donors (Lipinski definition) is 1. The zero-order valence-corrected chi connectivity index (χ0v) is 9.27. The number of nitrogens with one attached hydrogen (secondary N) is 1. The Bertz CT molecular complexity index is 365. The van der Waals surface area contributed by atoms with E-state index >= 15 is 0 Å². The van der Waals surface area contributed by atoms with Crippen LogP contribution < -0.4 is 5.32 Å². The van der Waals surface area contributed by atoms with Gasteiger partial charge >= 0.3 is 5.97 Å². The molecule has 0 saturated heterocycles. The number of pyridine rings is 1. The van der Waals surface area contributed by atoms with Crippen molar-refractivity contribution in [3.05, 3.63) is 30.1 Å². The molecule has 0 fully saturated rings. The molecule has 1 N–H and O–H groups in total. The van der Waals surface area contributed by atoms with Crippen LogP contribution >= 0.6 is 0 Å². The van der Waals surface area contributed by atoms with E-state index < -0.39 is 12.1 Å². The lowest BCUT2D eigenvalue weighted by Gasteiger charge is -2.11. The second-order valence-corrected chi connectivity index (χ2v) is 3.16. The Morgan fingerprint density at radius 2 is 2.25 bits per heavy atom. The molecular weight excluding hydrogens is 208 g/mol. The molecule has 1 heterocycles. The van der Waals surface area contributed by atoms with Crippen molar-refractivity contribution in [3.63, 3.8) is 0 Å². The predicted octanol–water partition coefficient (Wildman–Crippen LogP) is 0.763. The van der Waals surface area contributed by atoms with Gasteiger partial charge in [0, 0.05) is 12.7 Å². The highest BCUT2D eigenvalue weighted by molar-refractivity contribution is 5.90. The van der Waals surface area contributed by atoms with E-state index in [2.05, 4.69) is 10.3 Å². The van der Waals surface area contributed by atoms with E-state index in [1.165, 1.54) is 19.2 Å². The van der Waals surface area contributed by atoms with E-state index in [0.717, 1.165) is 0 Å². The fraction of sp³-hybridized carbons (Fsp3) is 0.364. The smallest absolute Gasteiger partial charge is 0.357 e. The molecule has 0 aliphatic carbocycles. The van der Waals surface area contributed by atoms with Gasteiger partial charge in [0.25, 0.3) is 5.91 Å². The Labute approximate surface area is 93.8 Å². The van der Waals surface area contributed by atoms with Gasteiger partial charge in [-0.05, 0) is 26.0 Å². The normalized spacial score (nSPS) is 11.6. The summed E-state index contributed by atoms with van der Waals surface area (Å²) in [5.74, 6) is -0.911. The molecule has 0 aliphatic rings. The molecule has 86 valence electrons. The first-order valence-electron chi connectivity index (χ1n) is 5.05. The highest BCUT2D eigenvalue weighted by Gasteiger charge is 2.18. The summed E-state index contributed by atoms with van der Waals surface area (Å²) in [6, 6.07) is 4.91. The molecule has 1 aromatic heterocycles. The predicted molar refractivity (Wildman–Crippen MR) is 57.8 cm³/mol. The number of aromatic nitrogens is 1. The van der Waals surface area contributed by atoms with E-state index in [1.54, 1.807) is 19.1 Å². The zero-order valence-electron chi connectivity index (χ0n) is 9.27. The summed E-state index contributed by atoms with van der Waals surface area (Å²) in [7, 11) is 0. The number of hydrogen-bond acceptors (Lipinski definition) is 4. The number of nitrogens with zero attached hydrogens (tertiary/aromatic N) is 1. The minimum Gasteiger partial charge on any atom is -0.448 e. The quantitative estimate of drug-likeness (QED) is 0.764. The SMILES string of the molecule is CCNC(=O)[C@H](C)OC(=O)c1ccccn1. The first-order chi connectivity index (χ1) is 7.65. The molecule has 0 saturated carbocycles. The molecule has 0 aromatic carbocycles. The molecule has 0 radical (unpaired) electrons. The molecule has 0 unspecified atom stereocenters. The van der Waals surface area contributed by atoms with Gasteiger partial charge in [-0.2, -0.15) is 0 Å². The number of rotatable bonds is 4. The lowest BCUT2D eigenvalue weighted by molar-refractivity contribution is -0.128. The first-order valence-corrected chi connectivity index (χ1v) is 5.05. The van der Waals surface area contributed by atoms with E-state index in [0.29, 0.717) is 6.54 Å². The molecule has 1 amide bonds. The van der Waals surface area contributed by atoms with Crippen molar-refractivity contribution in [2.75, 3.05) is 6.54 Å². The van der Waals surface area contributed by atoms with E-state index in [4.69, 9.17) is 4.74 Å². The maximum Gasteiger partial charge on any atom is 0.357 e. The average Bonchev–Trinajstić information content (AvgIpc) is 2.30. The summed E-state index contributed by atoms with van der Waals surface area (Å²) in [6.07, 6.45) is 0.683. The lowest BCUT2D eigenvalue weighted by atomic mass is 10.3. The summed E-state index contributed by atoms with van der Waals surface area (Å²) < 4.78 is 4.94. The van der Waals surface area contributed by atoms with Crippen LogP contribution in [0.2, 0.25) is 0 Å². The third kappa shape index (κ3) is 3.34. The van der Waals surface area contributed by atoms with Crippen molar-refractivity contribution < 1.29 is 14.3 Å². The van der Waals surface area contributed by atoms with Gasteiger partial charge in [-0.25, -0.2) is 9.78 Å². The Kier molecular flexibility index (Phi) is 4.44. The minimum absolute atomic E-state index is 0.193. The summed E-state index contributed by atoms with van der Waals surface area (Å²) in [6.45, 7) is 3.82. The standard InChI is InChI=1S/C11H14N2O3/c1-3-12-10(14)8(2)16-11(15)9-6-4-5-7-13-9/h4-8H,3H2,1-2H3,(H,12,14)/t8-/m0/s1. The maximum absolute atomic E-state index is 11.5. The fourth-order valence-corrected chi connectivity index (χ4v) is 1.08. The van der Waals surface area contributed by atoms with Crippen molar-refractivity contribution in [2.45, 2.75) is 20.0 Å². The van der Waals surface area contributed by atoms with Crippen LogP contribution in [-0.4, -0.2) is 29.5 Å². The highest BCUT2D eigenvalue weighted by atomic mass is 16.5. The fourth-order valence-electron chi connectivity index (χ4n) is 1.08. The number of amides is 1. The number of ether oxygens (including phenoxy) is 1. The van der Waals surface area contributed by atoms with Gasteiger partial charge in [-0.1, -0.05) is 6.07 Å². The van der Waals surface area contributed by atoms with Gasteiger partial charge in [0.2, 0.25) is 0 Å². The lowest BCUT2D eigenvalue weighted by Crippen LogP contribution is -2.35. The van der Waals surface area contributed by atoms with Crippen molar-refractivity contribution >= 4 is 11.9 Å². The molecule has 16 heavy (non-hydrogen) atoms. The van der Waals surface area contributed by atoms with Crippen LogP contribution in [0.3, 0.4) is 0 Å². The van der Waals surface area contributed by atoms with Crippen LogP contribution in [0.4, 0.5) is 0 Å². The summed E-state index contributed by atoms with van der Waals surface area (Å²) >= 11 is 0. The van der Waals surface area contributed by atoms with Crippen LogP contribution in [0.5, 0.6) is 0 Å². The summed E-state index contributed by atoms with van der Waals surface area (Å²) in [4.78, 5) is 26.6. The number of esters is 1. The van der Waals surface area contributed by atoms with Gasteiger partial charge in [-0.15, -0.1) is 0 Å². The molecular formula is C11H14N2O3. The number of carbonyl (C=O) groups is 2. The highest BCUT2D eigenvalue weighted by Crippen LogP contribution is 2.00. The molecule has 1 atom stereocenters. The third-order valence-corrected chi connectivity index (χ3v) is 1.88. The second-order valence-electron chi connectivity index (χ2n) is 3.16. The summed E-state index contributed by atoms with van der Waals surface area (Å²) in [5, 5.41) is 2.57. The van der Waals surface area contributed by atoms with Crippen LogP contribution in [0.25, 0.3) is 0 Å². The summed E-state index contributed by atoms with van der Waals surface area (Å²) in [5.41, 5.74) is 0.193. The first kappa shape index (κ1) is 12.2. The maximum atomic E-state index is 11.5.